The molecule has 0 radical (unpaired) electrons. The van der Waals surface area contributed by atoms with Crippen LogP contribution in [0.2, 0.25) is 0 Å². The quantitative estimate of drug-likeness (QED) is 0.618. The number of carbonyl (C=O) groups excluding carboxylic acids is 1. The SMILES string of the molecule is CCC(Cc1cc(S(N)(=O)=O)ccc1C(N)=O)c1ccc2[nH]ccc2c1. The predicted octanol–water partition coefficient (Wildman–Crippen LogP) is 2.65. The van der Waals surface area contributed by atoms with E-state index in [4.69, 9.17) is 10.9 Å². The zero-order valence-electron chi connectivity index (χ0n) is 14.4. The van der Waals surface area contributed by atoms with E-state index >= 15 is 0 Å². The summed E-state index contributed by atoms with van der Waals surface area (Å²) in [5.41, 5.74) is 8.55. The first kappa shape index (κ1) is 18.2. The lowest BCUT2D eigenvalue weighted by Crippen LogP contribution is -2.18. The number of aromatic nitrogens is 1. The lowest BCUT2D eigenvalue weighted by Gasteiger charge is -2.18. The van der Waals surface area contributed by atoms with Gasteiger partial charge < -0.3 is 10.7 Å². The van der Waals surface area contributed by atoms with Gasteiger partial charge in [0.15, 0.2) is 0 Å². The van der Waals surface area contributed by atoms with Gasteiger partial charge in [0.05, 0.1) is 4.90 Å². The van der Waals surface area contributed by atoms with Crippen molar-refractivity contribution in [2.75, 3.05) is 0 Å². The molecule has 1 heterocycles. The van der Waals surface area contributed by atoms with E-state index in [2.05, 4.69) is 18.0 Å². The molecule has 1 unspecified atom stereocenters. The highest BCUT2D eigenvalue weighted by atomic mass is 32.2. The van der Waals surface area contributed by atoms with E-state index in [-0.39, 0.29) is 10.8 Å². The Morgan fingerprint density at radius 2 is 1.92 bits per heavy atom. The van der Waals surface area contributed by atoms with E-state index in [1.807, 2.05) is 24.4 Å². The van der Waals surface area contributed by atoms with E-state index in [0.717, 1.165) is 22.9 Å². The van der Waals surface area contributed by atoms with Gasteiger partial charge in [0, 0.05) is 17.3 Å². The summed E-state index contributed by atoms with van der Waals surface area (Å²) >= 11 is 0. The third-order valence-electron chi connectivity index (χ3n) is 4.68. The van der Waals surface area contributed by atoms with E-state index in [1.54, 1.807) is 0 Å². The smallest absolute Gasteiger partial charge is 0.248 e. The van der Waals surface area contributed by atoms with Crippen molar-refractivity contribution in [2.24, 2.45) is 10.9 Å². The number of H-pyrrole nitrogens is 1. The topological polar surface area (TPSA) is 119 Å². The third kappa shape index (κ3) is 3.63. The molecule has 136 valence electrons. The van der Waals surface area contributed by atoms with Crippen molar-refractivity contribution in [1.29, 1.82) is 0 Å². The van der Waals surface area contributed by atoms with Crippen LogP contribution in [0.1, 0.15) is 40.7 Å². The second-order valence-electron chi connectivity index (χ2n) is 6.36. The molecule has 3 aromatic rings. The number of primary amides is 1. The number of sulfonamides is 1. The van der Waals surface area contributed by atoms with Crippen LogP contribution in [0.25, 0.3) is 10.9 Å². The van der Waals surface area contributed by atoms with E-state index in [1.165, 1.54) is 18.2 Å². The summed E-state index contributed by atoms with van der Waals surface area (Å²) in [6.45, 7) is 2.06. The molecule has 0 aliphatic carbocycles. The molecular formula is C19H21N3O3S. The Morgan fingerprint density at radius 1 is 1.15 bits per heavy atom. The number of benzene rings is 2. The number of primary sulfonamides is 1. The molecule has 7 heteroatoms. The molecule has 0 aliphatic rings. The number of amides is 1. The van der Waals surface area contributed by atoms with Crippen LogP contribution in [0.15, 0.2) is 53.6 Å². The van der Waals surface area contributed by atoms with Gasteiger partial charge in [-0.15, -0.1) is 0 Å². The first-order chi connectivity index (χ1) is 12.3. The minimum atomic E-state index is -3.85. The largest absolute Gasteiger partial charge is 0.366 e. The molecule has 5 N–H and O–H groups in total. The van der Waals surface area contributed by atoms with Gasteiger partial charge in [-0.25, -0.2) is 13.6 Å². The molecule has 0 saturated carbocycles. The summed E-state index contributed by atoms with van der Waals surface area (Å²) in [5.74, 6) is -0.472. The molecule has 3 rings (SSSR count). The highest BCUT2D eigenvalue weighted by molar-refractivity contribution is 7.89. The Hall–Kier alpha value is -2.64. The zero-order chi connectivity index (χ0) is 18.9. The van der Waals surface area contributed by atoms with Crippen molar-refractivity contribution in [3.05, 3.63) is 65.4 Å². The van der Waals surface area contributed by atoms with Crippen LogP contribution in [-0.4, -0.2) is 19.3 Å². The van der Waals surface area contributed by atoms with Crippen LogP contribution in [0.3, 0.4) is 0 Å². The van der Waals surface area contributed by atoms with E-state index < -0.39 is 15.9 Å². The molecule has 1 amide bonds. The van der Waals surface area contributed by atoms with Gasteiger partial charge in [-0.3, -0.25) is 4.79 Å². The van der Waals surface area contributed by atoms with Crippen LogP contribution in [0.4, 0.5) is 0 Å². The molecule has 1 aromatic heterocycles. The van der Waals surface area contributed by atoms with Crippen LogP contribution < -0.4 is 10.9 Å². The van der Waals surface area contributed by atoms with E-state index in [0.29, 0.717) is 17.5 Å². The first-order valence-electron chi connectivity index (χ1n) is 8.32. The average Bonchev–Trinajstić information content (AvgIpc) is 3.06. The van der Waals surface area contributed by atoms with Crippen LogP contribution in [0.5, 0.6) is 0 Å². The van der Waals surface area contributed by atoms with Crippen molar-refractivity contribution in [3.8, 4) is 0 Å². The zero-order valence-corrected chi connectivity index (χ0v) is 15.2. The minimum Gasteiger partial charge on any atom is -0.366 e. The van der Waals surface area contributed by atoms with Crippen LogP contribution in [0, 0.1) is 0 Å². The number of aromatic amines is 1. The molecule has 26 heavy (non-hydrogen) atoms. The summed E-state index contributed by atoms with van der Waals surface area (Å²) in [6.07, 6.45) is 3.21. The maximum atomic E-state index is 11.8. The summed E-state index contributed by atoms with van der Waals surface area (Å²) in [4.78, 5) is 14.9. The van der Waals surface area contributed by atoms with Gasteiger partial charge in [0.1, 0.15) is 0 Å². The number of carbonyl (C=O) groups is 1. The monoisotopic (exact) mass is 371 g/mol. The first-order valence-corrected chi connectivity index (χ1v) is 9.86. The molecule has 0 saturated heterocycles. The number of hydrogen-bond donors (Lipinski definition) is 3. The van der Waals surface area contributed by atoms with Gasteiger partial charge in [-0.1, -0.05) is 13.0 Å². The van der Waals surface area contributed by atoms with Crippen LogP contribution >= 0.6 is 0 Å². The molecule has 0 aliphatic heterocycles. The fourth-order valence-electron chi connectivity index (χ4n) is 3.25. The molecule has 6 nitrogen and oxygen atoms in total. The summed E-state index contributed by atoms with van der Waals surface area (Å²) < 4.78 is 23.3. The lowest BCUT2D eigenvalue weighted by molar-refractivity contribution is 0.0999. The van der Waals surface area contributed by atoms with Crippen molar-refractivity contribution < 1.29 is 13.2 Å². The maximum absolute atomic E-state index is 11.8. The number of fused-ring (bicyclic) bond motifs is 1. The Kier molecular flexibility index (Phi) is 4.84. The molecule has 2 aromatic carbocycles. The fraction of sp³-hybridized carbons (Fsp3) is 0.211. The van der Waals surface area contributed by atoms with Gasteiger partial charge in [-0.05, 0) is 71.7 Å². The fourth-order valence-corrected chi connectivity index (χ4v) is 3.81. The maximum Gasteiger partial charge on any atom is 0.248 e. The Balaban J connectivity index is 2.02. The highest BCUT2D eigenvalue weighted by Gasteiger charge is 2.18. The number of nitrogens with one attached hydrogen (secondary N) is 1. The average molecular weight is 371 g/mol. The lowest BCUT2D eigenvalue weighted by atomic mass is 9.87. The second-order valence-corrected chi connectivity index (χ2v) is 7.92. The van der Waals surface area contributed by atoms with Crippen molar-refractivity contribution in [3.63, 3.8) is 0 Å². The third-order valence-corrected chi connectivity index (χ3v) is 5.59. The van der Waals surface area contributed by atoms with Gasteiger partial charge in [0.2, 0.25) is 15.9 Å². The van der Waals surface area contributed by atoms with E-state index in [9.17, 15) is 13.2 Å². The predicted molar refractivity (Wildman–Crippen MR) is 101 cm³/mol. The van der Waals surface area contributed by atoms with Crippen molar-refractivity contribution in [1.82, 2.24) is 4.98 Å². The highest BCUT2D eigenvalue weighted by Crippen LogP contribution is 2.29. The molecule has 0 bridgehead atoms. The van der Waals surface area contributed by atoms with Gasteiger partial charge >= 0.3 is 0 Å². The summed E-state index contributed by atoms with van der Waals surface area (Å²) in [6, 6.07) is 12.4. The molecule has 0 fully saturated rings. The molecule has 0 spiro atoms. The number of nitrogens with two attached hydrogens (primary N) is 2. The van der Waals surface area contributed by atoms with Crippen molar-refractivity contribution >= 4 is 26.8 Å². The minimum absolute atomic E-state index is 0.0200. The molecular weight excluding hydrogens is 350 g/mol. The normalized spacial score (nSPS) is 13.0. The summed E-state index contributed by atoms with van der Waals surface area (Å²) in [7, 11) is -3.85. The van der Waals surface area contributed by atoms with Crippen molar-refractivity contribution in [2.45, 2.75) is 30.6 Å². The standard InChI is InChI=1S/C19H21N3O3S/c1-2-12(13-3-6-18-14(10-13)7-8-22-18)9-15-11-16(26(21,24)25)4-5-17(15)19(20)23/h3-8,10-12,22H,2,9H2,1H3,(H2,20,23)(H2,21,24,25). The Morgan fingerprint density at radius 3 is 2.58 bits per heavy atom. The molecule has 1 atom stereocenters. The van der Waals surface area contributed by atoms with Gasteiger partial charge in [0.25, 0.3) is 0 Å². The number of hydrogen-bond acceptors (Lipinski definition) is 3. The van der Waals surface area contributed by atoms with Gasteiger partial charge in [-0.2, -0.15) is 0 Å². The van der Waals surface area contributed by atoms with Crippen LogP contribution in [-0.2, 0) is 16.4 Å². The number of rotatable bonds is 6. The second kappa shape index (κ2) is 6.93. The Bertz CT molecular complexity index is 1070. The summed E-state index contributed by atoms with van der Waals surface area (Å²) in [5, 5.41) is 6.34. The Labute approximate surface area is 152 Å².